The van der Waals surface area contributed by atoms with Crippen molar-refractivity contribution in [3.05, 3.63) is 126 Å². The van der Waals surface area contributed by atoms with E-state index in [0.29, 0.717) is 5.56 Å². The number of aldehydes is 1. The van der Waals surface area contributed by atoms with E-state index in [-0.39, 0.29) is 0 Å². The molecular weight excluding hydrogens is 354 g/mol. The van der Waals surface area contributed by atoms with Gasteiger partial charge >= 0.3 is 0 Å². The lowest BCUT2D eigenvalue weighted by Crippen LogP contribution is -2.09. The minimum absolute atomic E-state index is 0.654. The Bertz CT molecular complexity index is 1100. The van der Waals surface area contributed by atoms with Gasteiger partial charge in [-0.15, -0.1) is 0 Å². The van der Waals surface area contributed by atoms with E-state index in [9.17, 15) is 4.79 Å². The number of hydrogen-bond donors (Lipinski definition) is 0. The second-order valence-electron chi connectivity index (χ2n) is 6.54. The van der Waals surface area contributed by atoms with Crippen LogP contribution >= 0.6 is 0 Å². The number of para-hydroxylation sites is 2. The quantitative estimate of drug-likeness (QED) is 0.306. The van der Waals surface area contributed by atoms with Crippen LogP contribution in [0.25, 0.3) is 0 Å². The molecule has 0 heterocycles. The molecule has 29 heavy (non-hydrogen) atoms. The summed E-state index contributed by atoms with van der Waals surface area (Å²) >= 11 is 0. The van der Waals surface area contributed by atoms with E-state index >= 15 is 0 Å². The fraction of sp³-hybridized carbons (Fsp3) is 0. The van der Waals surface area contributed by atoms with Crippen LogP contribution < -0.4 is 4.90 Å². The molecule has 0 unspecified atom stereocenters. The van der Waals surface area contributed by atoms with Gasteiger partial charge in [0.15, 0.2) is 0 Å². The predicted octanol–water partition coefficient (Wildman–Crippen LogP) is 6.37. The second-order valence-corrected chi connectivity index (χ2v) is 6.54. The van der Waals surface area contributed by atoms with Gasteiger partial charge in [0.1, 0.15) is 6.29 Å². The summed E-state index contributed by atoms with van der Waals surface area (Å²) in [5.74, 6) is 6.33. The molecule has 138 valence electrons. The third-order valence-electron chi connectivity index (χ3n) is 4.55. The Morgan fingerprint density at radius 3 is 1.38 bits per heavy atom. The smallest absolute Gasteiger partial charge is 0.150 e. The highest BCUT2D eigenvalue weighted by molar-refractivity contribution is 5.77. The molecule has 2 heteroatoms. The molecule has 0 bridgehead atoms. The first-order valence-electron chi connectivity index (χ1n) is 9.41. The summed E-state index contributed by atoms with van der Waals surface area (Å²) < 4.78 is 0. The number of nitrogens with zero attached hydrogens (tertiary/aromatic N) is 1. The first-order chi connectivity index (χ1) is 14.3. The van der Waals surface area contributed by atoms with Gasteiger partial charge in [-0.3, -0.25) is 4.79 Å². The van der Waals surface area contributed by atoms with Gasteiger partial charge in [-0.1, -0.05) is 60.4 Å². The normalized spacial score (nSPS) is 9.93. The Labute approximate surface area is 171 Å². The molecule has 0 aliphatic heterocycles. The summed E-state index contributed by atoms with van der Waals surface area (Å²) in [7, 11) is 0. The van der Waals surface area contributed by atoms with E-state index in [1.165, 1.54) is 0 Å². The Morgan fingerprint density at radius 1 is 0.517 bits per heavy atom. The zero-order valence-electron chi connectivity index (χ0n) is 15.8. The van der Waals surface area contributed by atoms with Gasteiger partial charge < -0.3 is 4.90 Å². The van der Waals surface area contributed by atoms with Crippen LogP contribution in [-0.2, 0) is 0 Å². The summed E-state index contributed by atoms with van der Waals surface area (Å²) in [5.41, 5.74) is 5.76. The molecule has 0 saturated heterocycles. The molecule has 0 saturated carbocycles. The van der Waals surface area contributed by atoms with Gasteiger partial charge in [0.2, 0.25) is 0 Å². The molecule has 0 aliphatic rings. The largest absolute Gasteiger partial charge is 0.311 e. The molecule has 4 aromatic rings. The van der Waals surface area contributed by atoms with E-state index in [2.05, 4.69) is 53.1 Å². The fourth-order valence-electron chi connectivity index (χ4n) is 3.08. The fourth-order valence-corrected chi connectivity index (χ4v) is 3.08. The van der Waals surface area contributed by atoms with Gasteiger partial charge in [-0.2, -0.15) is 0 Å². The van der Waals surface area contributed by atoms with E-state index < -0.39 is 0 Å². The van der Waals surface area contributed by atoms with Crippen molar-refractivity contribution in [1.82, 2.24) is 0 Å². The van der Waals surface area contributed by atoms with E-state index in [0.717, 1.165) is 34.5 Å². The van der Waals surface area contributed by atoms with Gasteiger partial charge in [-0.05, 0) is 60.7 Å². The second kappa shape index (κ2) is 8.73. The maximum absolute atomic E-state index is 10.7. The predicted molar refractivity (Wildman–Crippen MR) is 119 cm³/mol. The Morgan fingerprint density at radius 2 is 0.931 bits per heavy atom. The molecule has 0 aromatic heterocycles. The summed E-state index contributed by atoms with van der Waals surface area (Å²) in [4.78, 5) is 13.0. The molecule has 0 N–H and O–H groups in total. The van der Waals surface area contributed by atoms with E-state index in [1.54, 1.807) is 12.1 Å². The Hall–Kier alpha value is -4.09. The minimum atomic E-state index is 0.654. The number of anilines is 3. The van der Waals surface area contributed by atoms with Crippen LogP contribution in [0, 0.1) is 11.8 Å². The summed E-state index contributed by atoms with van der Waals surface area (Å²) in [5, 5.41) is 0. The van der Waals surface area contributed by atoms with Crippen LogP contribution in [0.2, 0.25) is 0 Å². The number of rotatable bonds is 4. The average Bonchev–Trinajstić information content (AvgIpc) is 2.80. The summed E-state index contributed by atoms with van der Waals surface area (Å²) in [6.45, 7) is 0. The van der Waals surface area contributed by atoms with Gasteiger partial charge in [0, 0.05) is 33.8 Å². The molecule has 4 rings (SSSR count). The first-order valence-corrected chi connectivity index (χ1v) is 9.41. The third-order valence-corrected chi connectivity index (χ3v) is 4.55. The lowest BCUT2D eigenvalue weighted by molar-refractivity contribution is 0.112. The molecule has 2 nitrogen and oxygen atoms in total. The van der Waals surface area contributed by atoms with Crippen molar-refractivity contribution in [3.63, 3.8) is 0 Å². The lowest BCUT2D eigenvalue weighted by atomic mass is 10.1. The van der Waals surface area contributed by atoms with Crippen molar-refractivity contribution in [2.45, 2.75) is 0 Å². The minimum Gasteiger partial charge on any atom is -0.311 e. The molecular formula is C27H19NO. The Balaban J connectivity index is 1.63. The summed E-state index contributed by atoms with van der Waals surface area (Å²) in [6, 6.07) is 36.1. The molecule has 0 aliphatic carbocycles. The van der Waals surface area contributed by atoms with Crippen LogP contribution in [-0.4, -0.2) is 6.29 Å². The highest BCUT2D eigenvalue weighted by atomic mass is 16.1. The molecule has 0 radical (unpaired) electrons. The molecule has 0 amide bonds. The average molecular weight is 373 g/mol. The highest BCUT2D eigenvalue weighted by Gasteiger charge is 2.11. The van der Waals surface area contributed by atoms with Crippen LogP contribution in [0.5, 0.6) is 0 Å². The van der Waals surface area contributed by atoms with Crippen LogP contribution in [0.4, 0.5) is 17.1 Å². The Kier molecular flexibility index (Phi) is 5.50. The van der Waals surface area contributed by atoms with Gasteiger partial charge in [0.25, 0.3) is 0 Å². The van der Waals surface area contributed by atoms with Crippen molar-refractivity contribution < 1.29 is 4.79 Å². The van der Waals surface area contributed by atoms with Gasteiger partial charge in [-0.25, -0.2) is 0 Å². The SMILES string of the molecule is O=Cc1ccc(C#Cc2ccc(N(c3ccccc3)c3ccccc3)cc2)cc1. The van der Waals surface area contributed by atoms with Crippen LogP contribution in [0.15, 0.2) is 109 Å². The highest BCUT2D eigenvalue weighted by Crippen LogP contribution is 2.33. The third kappa shape index (κ3) is 4.43. The molecule has 4 aromatic carbocycles. The number of carbonyl (C=O) groups excluding carboxylic acids is 1. The van der Waals surface area contributed by atoms with Crippen molar-refractivity contribution in [3.8, 4) is 11.8 Å². The zero-order chi connectivity index (χ0) is 19.9. The topological polar surface area (TPSA) is 20.3 Å². The van der Waals surface area contributed by atoms with E-state index in [4.69, 9.17) is 0 Å². The van der Waals surface area contributed by atoms with Crippen molar-refractivity contribution in [2.24, 2.45) is 0 Å². The van der Waals surface area contributed by atoms with E-state index in [1.807, 2.05) is 60.7 Å². The number of benzene rings is 4. The molecule has 0 fully saturated rings. The maximum atomic E-state index is 10.7. The van der Waals surface area contributed by atoms with Crippen LogP contribution in [0.3, 0.4) is 0 Å². The van der Waals surface area contributed by atoms with Crippen molar-refractivity contribution in [1.29, 1.82) is 0 Å². The maximum Gasteiger partial charge on any atom is 0.150 e. The first kappa shape index (κ1) is 18.3. The van der Waals surface area contributed by atoms with Gasteiger partial charge in [0.05, 0.1) is 0 Å². The molecule has 0 atom stereocenters. The standard InChI is InChI=1S/C27H19NO/c29-21-24-15-13-22(14-16-24)11-12-23-17-19-27(20-18-23)28(25-7-3-1-4-8-25)26-9-5-2-6-10-26/h1-10,13-21H. The lowest BCUT2D eigenvalue weighted by Gasteiger charge is -2.25. The van der Waals surface area contributed by atoms with Crippen molar-refractivity contribution >= 4 is 23.3 Å². The monoisotopic (exact) mass is 373 g/mol. The van der Waals surface area contributed by atoms with Crippen LogP contribution in [0.1, 0.15) is 21.5 Å². The zero-order valence-corrected chi connectivity index (χ0v) is 15.8. The van der Waals surface area contributed by atoms with Crippen molar-refractivity contribution in [2.75, 3.05) is 4.90 Å². The number of carbonyl (C=O) groups is 1. The molecule has 0 spiro atoms. The number of hydrogen-bond acceptors (Lipinski definition) is 2. The summed E-state index contributed by atoms with van der Waals surface area (Å²) in [6.07, 6.45) is 0.834.